The second-order valence-electron chi connectivity index (χ2n) is 3.50. The molecular weight excluding hydrogens is 168 g/mol. The van der Waals surface area contributed by atoms with Crippen molar-refractivity contribution in [1.82, 2.24) is 10.2 Å². The van der Waals surface area contributed by atoms with E-state index in [-0.39, 0.29) is 18.1 Å². The highest BCUT2D eigenvalue weighted by Crippen LogP contribution is 2.13. The number of carbonyl (C=O) groups excluding carboxylic acids is 1. The van der Waals surface area contributed by atoms with E-state index in [9.17, 15) is 4.79 Å². The number of likely N-dealkylation sites (tertiary alicyclic amines) is 1. The first-order chi connectivity index (χ1) is 6.19. The summed E-state index contributed by atoms with van der Waals surface area (Å²) in [5.41, 5.74) is 0. The van der Waals surface area contributed by atoms with Crippen molar-refractivity contribution in [2.24, 2.45) is 0 Å². The van der Waals surface area contributed by atoms with Gasteiger partial charge >= 0.3 is 0 Å². The first-order valence-electron chi connectivity index (χ1n) is 4.64. The summed E-state index contributed by atoms with van der Waals surface area (Å²) in [6.07, 6.45) is 1.99. The van der Waals surface area contributed by atoms with Crippen molar-refractivity contribution in [3.05, 3.63) is 0 Å². The summed E-state index contributed by atoms with van der Waals surface area (Å²) >= 11 is 0. The van der Waals surface area contributed by atoms with Gasteiger partial charge < -0.3 is 15.0 Å². The van der Waals surface area contributed by atoms with E-state index in [4.69, 9.17) is 4.74 Å². The molecule has 4 heteroatoms. The molecule has 13 heavy (non-hydrogen) atoms. The molecule has 0 bridgehead atoms. The van der Waals surface area contributed by atoms with E-state index >= 15 is 0 Å². The van der Waals surface area contributed by atoms with Crippen molar-refractivity contribution in [2.45, 2.75) is 25.0 Å². The van der Waals surface area contributed by atoms with Crippen LogP contribution in [0.3, 0.4) is 0 Å². The maximum Gasteiger partial charge on any atom is 0.239 e. The van der Waals surface area contributed by atoms with Crippen LogP contribution in [0, 0.1) is 0 Å². The summed E-state index contributed by atoms with van der Waals surface area (Å²) in [4.78, 5) is 13.4. The topological polar surface area (TPSA) is 41.6 Å². The number of carbonyl (C=O) groups is 1. The normalized spacial score (nSPS) is 30.4. The van der Waals surface area contributed by atoms with Crippen molar-refractivity contribution in [2.75, 3.05) is 27.7 Å². The lowest BCUT2D eigenvalue weighted by molar-refractivity contribution is -0.132. The Bertz CT molecular complexity index is 184. The number of rotatable bonds is 2. The Morgan fingerprint density at radius 1 is 1.54 bits per heavy atom. The maximum atomic E-state index is 11.6. The summed E-state index contributed by atoms with van der Waals surface area (Å²) in [5.74, 6) is 0.169. The van der Waals surface area contributed by atoms with Gasteiger partial charge in [-0.2, -0.15) is 0 Å². The van der Waals surface area contributed by atoms with Gasteiger partial charge in [0.25, 0.3) is 0 Å². The molecular formula is C9H18N2O2. The van der Waals surface area contributed by atoms with Gasteiger partial charge in [0.1, 0.15) is 0 Å². The molecule has 2 unspecified atom stereocenters. The van der Waals surface area contributed by atoms with Crippen LogP contribution in [0.5, 0.6) is 0 Å². The minimum atomic E-state index is -0.0369. The number of ether oxygens (including phenoxy) is 1. The number of nitrogens with one attached hydrogen (secondary N) is 1. The van der Waals surface area contributed by atoms with Crippen molar-refractivity contribution >= 4 is 5.91 Å². The zero-order valence-electron chi connectivity index (χ0n) is 8.54. The number of amides is 1. The highest BCUT2D eigenvalue weighted by atomic mass is 16.5. The van der Waals surface area contributed by atoms with Crippen LogP contribution in [-0.2, 0) is 9.53 Å². The Morgan fingerprint density at radius 2 is 2.23 bits per heavy atom. The van der Waals surface area contributed by atoms with E-state index in [1.165, 1.54) is 0 Å². The lowest BCUT2D eigenvalue weighted by atomic mass is 10.1. The van der Waals surface area contributed by atoms with Gasteiger partial charge in [-0.3, -0.25) is 4.79 Å². The quantitative estimate of drug-likeness (QED) is 0.651. The Kier molecular flexibility index (Phi) is 3.69. The smallest absolute Gasteiger partial charge is 0.239 e. The lowest BCUT2D eigenvalue weighted by Crippen LogP contribution is -2.42. The first kappa shape index (κ1) is 10.5. The monoisotopic (exact) mass is 186 g/mol. The number of hydrogen-bond donors (Lipinski definition) is 1. The fourth-order valence-electron chi connectivity index (χ4n) is 1.69. The zero-order valence-corrected chi connectivity index (χ0v) is 8.54. The molecule has 76 valence electrons. The standard InChI is InChI=1S/C9H18N2O2/c1-10-8-5-4-7(13-3)6-11(2)9(8)12/h7-8,10H,4-6H2,1-3H3. The average Bonchev–Trinajstić information content (AvgIpc) is 2.28. The molecule has 1 amide bonds. The Morgan fingerprint density at radius 3 is 2.77 bits per heavy atom. The molecule has 1 fully saturated rings. The second kappa shape index (κ2) is 4.58. The second-order valence-corrected chi connectivity index (χ2v) is 3.50. The predicted octanol–water partition coefficient (Wildman–Crippen LogP) is -0.158. The van der Waals surface area contributed by atoms with Crippen molar-refractivity contribution in [1.29, 1.82) is 0 Å². The van der Waals surface area contributed by atoms with E-state index in [0.717, 1.165) is 12.8 Å². The van der Waals surface area contributed by atoms with Crippen molar-refractivity contribution in [3.63, 3.8) is 0 Å². The van der Waals surface area contributed by atoms with Crippen LogP contribution < -0.4 is 5.32 Å². The summed E-state index contributed by atoms with van der Waals surface area (Å²) < 4.78 is 5.26. The van der Waals surface area contributed by atoms with E-state index in [0.29, 0.717) is 6.54 Å². The average molecular weight is 186 g/mol. The molecule has 1 aliphatic rings. The van der Waals surface area contributed by atoms with Gasteiger partial charge in [-0.25, -0.2) is 0 Å². The number of hydrogen-bond acceptors (Lipinski definition) is 3. The Hall–Kier alpha value is -0.610. The van der Waals surface area contributed by atoms with Gasteiger partial charge in [0.05, 0.1) is 12.1 Å². The molecule has 1 aliphatic heterocycles. The minimum Gasteiger partial charge on any atom is -0.380 e. The first-order valence-corrected chi connectivity index (χ1v) is 4.64. The molecule has 4 nitrogen and oxygen atoms in total. The minimum absolute atomic E-state index is 0.0369. The van der Waals surface area contributed by atoms with Gasteiger partial charge in [-0.05, 0) is 19.9 Å². The highest BCUT2D eigenvalue weighted by Gasteiger charge is 2.27. The predicted molar refractivity (Wildman–Crippen MR) is 50.5 cm³/mol. The Labute approximate surface area is 79.2 Å². The van der Waals surface area contributed by atoms with Crippen LogP contribution in [0.25, 0.3) is 0 Å². The Balaban J connectivity index is 2.62. The van der Waals surface area contributed by atoms with E-state index in [1.54, 1.807) is 12.0 Å². The van der Waals surface area contributed by atoms with Crippen molar-refractivity contribution < 1.29 is 9.53 Å². The summed E-state index contributed by atoms with van der Waals surface area (Å²) in [6, 6.07) is -0.0369. The van der Waals surface area contributed by atoms with Crippen LogP contribution in [0.4, 0.5) is 0 Å². The van der Waals surface area contributed by atoms with E-state index in [1.807, 2.05) is 14.1 Å². The van der Waals surface area contributed by atoms with Crippen molar-refractivity contribution in [3.8, 4) is 0 Å². The maximum absolute atomic E-state index is 11.6. The number of nitrogens with zero attached hydrogens (tertiary/aromatic N) is 1. The van der Waals surface area contributed by atoms with Crippen LogP contribution >= 0.6 is 0 Å². The lowest BCUT2D eigenvalue weighted by Gasteiger charge is -2.20. The van der Waals surface area contributed by atoms with Gasteiger partial charge in [0, 0.05) is 20.7 Å². The molecule has 0 radical (unpaired) electrons. The molecule has 2 atom stereocenters. The molecule has 0 aromatic rings. The van der Waals surface area contributed by atoms with Gasteiger partial charge in [0.15, 0.2) is 0 Å². The van der Waals surface area contributed by atoms with E-state index < -0.39 is 0 Å². The highest BCUT2D eigenvalue weighted by molar-refractivity contribution is 5.81. The van der Waals surface area contributed by atoms with Crippen LogP contribution in [0.2, 0.25) is 0 Å². The molecule has 0 aliphatic carbocycles. The summed E-state index contributed by atoms with van der Waals surface area (Å²) in [5, 5.41) is 3.02. The van der Waals surface area contributed by atoms with Gasteiger partial charge in [-0.15, -0.1) is 0 Å². The third-order valence-electron chi connectivity index (χ3n) is 2.61. The van der Waals surface area contributed by atoms with Gasteiger partial charge in [-0.1, -0.05) is 0 Å². The largest absolute Gasteiger partial charge is 0.380 e. The van der Waals surface area contributed by atoms with E-state index in [2.05, 4.69) is 5.32 Å². The molecule has 1 heterocycles. The third kappa shape index (κ3) is 2.42. The molecule has 0 aromatic carbocycles. The third-order valence-corrected chi connectivity index (χ3v) is 2.61. The molecule has 1 N–H and O–H groups in total. The van der Waals surface area contributed by atoms with Crippen LogP contribution in [0.1, 0.15) is 12.8 Å². The fourth-order valence-corrected chi connectivity index (χ4v) is 1.69. The summed E-state index contributed by atoms with van der Waals surface area (Å²) in [7, 11) is 5.34. The van der Waals surface area contributed by atoms with Gasteiger partial charge in [0.2, 0.25) is 5.91 Å². The summed E-state index contributed by atoms with van der Waals surface area (Å²) in [6.45, 7) is 0.702. The fraction of sp³-hybridized carbons (Fsp3) is 0.889. The molecule has 1 saturated heterocycles. The molecule has 0 aromatic heterocycles. The number of likely N-dealkylation sites (N-methyl/N-ethyl adjacent to an activating group) is 2. The SMILES string of the molecule is CNC1CCC(OC)CN(C)C1=O. The number of methoxy groups -OCH3 is 1. The zero-order chi connectivity index (χ0) is 9.84. The van der Waals surface area contributed by atoms with Crippen LogP contribution in [-0.4, -0.2) is 50.7 Å². The molecule has 1 rings (SSSR count). The molecule has 0 spiro atoms. The molecule has 0 saturated carbocycles. The van der Waals surface area contributed by atoms with Crippen LogP contribution in [0.15, 0.2) is 0 Å².